The molecule has 0 atom stereocenters. The first-order valence-corrected chi connectivity index (χ1v) is 9.61. The number of ether oxygens (including phenoxy) is 3. The van der Waals surface area contributed by atoms with Crippen LogP contribution in [0.1, 0.15) is 23.7 Å². The highest BCUT2D eigenvalue weighted by atomic mass is 16.6. The molecule has 0 spiro atoms. The number of para-hydroxylation sites is 1. The molecular weight excluding hydrogens is 384 g/mol. The van der Waals surface area contributed by atoms with Crippen molar-refractivity contribution in [3.8, 4) is 17.6 Å². The van der Waals surface area contributed by atoms with Crippen molar-refractivity contribution in [3.63, 3.8) is 0 Å². The fourth-order valence-electron chi connectivity index (χ4n) is 3.03. The molecule has 7 nitrogen and oxygen atoms in total. The second-order valence-corrected chi connectivity index (χ2v) is 6.44. The lowest BCUT2D eigenvalue weighted by atomic mass is 10.1. The predicted octanol–water partition coefficient (Wildman–Crippen LogP) is 3.76. The normalized spacial score (nSPS) is 10.4. The number of nitrogens with zero attached hydrogens (tertiary/aromatic N) is 2. The Morgan fingerprint density at radius 2 is 1.70 bits per heavy atom. The van der Waals surface area contributed by atoms with Crippen molar-refractivity contribution in [2.45, 2.75) is 19.9 Å². The molecule has 154 valence electrons. The number of Topliss-reactive ketones (excluding diaryl/α,β-unsaturated/α-hetero) is 1. The second kappa shape index (κ2) is 10.1. The topological polar surface area (TPSA) is 90.6 Å². The molecule has 0 N–H and O–H groups in total. The number of carbonyl (C=O) groups excluding carboxylic acids is 2. The third-order valence-electron chi connectivity index (χ3n) is 4.41. The summed E-state index contributed by atoms with van der Waals surface area (Å²) in [6, 6.07) is 16.4. The number of rotatable bonds is 10. The minimum absolute atomic E-state index is 0.300. The van der Waals surface area contributed by atoms with Crippen LogP contribution in [0, 0.1) is 11.3 Å². The quantitative estimate of drug-likeness (QED) is 0.376. The van der Waals surface area contributed by atoms with Crippen LogP contribution in [-0.2, 0) is 16.1 Å². The van der Waals surface area contributed by atoms with Crippen LogP contribution in [0.25, 0.3) is 10.9 Å². The van der Waals surface area contributed by atoms with Crippen molar-refractivity contribution in [1.82, 2.24) is 4.57 Å². The summed E-state index contributed by atoms with van der Waals surface area (Å²) in [4.78, 5) is 24.6. The van der Waals surface area contributed by atoms with E-state index < -0.39 is 5.97 Å². The van der Waals surface area contributed by atoms with Crippen LogP contribution in [0.15, 0.2) is 54.7 Å². The third-order valence-corrected chi connectivity index (χ3v) is 4.41. The number of esters is 1. The minimum Gasteiger partial charge on any atom is -0.494 e. The van der Waals surface area contributed by atoms with Crippen LogP contribution in [0.4, 0.5) is 0 Å². The summed E-state index contributed by atoms with van der Waals surface area (Å²) in [5.74, 6) is 0.274. The van der Waals surface area contributed by atoms with E-state index in [9.17, 15) is 9.59 Å². The summed E-state index contributed by atoms with van der Waals surface area (Å²) in [5.41, 5.74) is 1.32. The standard InChI is InChI=1S/C23H22N2O5/c1-2-28-17-8-10-18(11-9-17)29-16-23(27)30-15-22(26)20-14-25(13-5-12-24)21-7-4-3-6-19(20)21/h3-4,6-11,14H,2,5,13,15-16H2,1H3. The number of aryl methyl sites for hydroxylation is 1. The van der Waals surface area contributed by atoms with Crippen molar-refractivity contribution >= 4 is 22.7 Å². The molecule has 0 bridgehead atoms. The molecule has 30 heavy (non-hydrogen) atoms. The van der Waals surface area contributed by atoms with E-state index in [0.717, 1.165) is 10.9 Å². The smallest absolute Gasteiger partial charge is 0.344 e. The highest BCUT2D eigenvalue weighted by molar-refractivity contribution is 6.09. The Balaban J connectivity index is 1.56. The average molecular weight is 406 g/mol. The van der Waals surface area contributed by atoms with Gasteiger partial charge < -0.3 is 18.8 Å². The fourth-order valence-corrected chi connectivity index (χ4v) is 3.03. The van der Waals surface area contributed by atoms with Gasteiger partial charge in [-0.05, 0) is 37.3 Å². The lowest BCUT2D eigenvalue weighted by Gasteiger charge is -2.08. The molecule has 0 unspecified atom stereocenters. The molecule has 0 saturated carbocycles. The van der Waals surface area contributed by atoms with Crippen LogP contribution >= 0.6 is 0 Å². The van der Waals surface area contributed by atoms with Gasteiger partial charge >= 0.3 is 5.97 Å². The lowest BCUT2D eigenvalue weighted by Crippen LogP contribution is -2.19. The van der Waals surface area contributed by atoms with Crippen molar-refractivity contribution in [2.75, 3.05) is 19.8 Å². The van der Waals surface area contributed by atoms with E-state index in [-0.39, 0.29) is 19.0 Å². The Morgan fingerprint density at radius 1 is 1.00 bits per heavy atom. The summed E-state index contributed by atoms with van der Waals surface area (Å²) in [7, 11) is 0. The minimum atomic E-state index is -0.634. The van der Waals surface area contributed by atoms with Gasteiger partial charge in [0, 0.05) is 29.2 Å². The Morgan fingerprint density at radius 3 is 2.40 bits per heavy atom. The molecule has 3 rings (SSSR count). The summed E-state index contributed by atoms with van der Waals surface area (Å²) in [5, 5.41) is 9.59. The number of fused-ring (bicyclic) bond motifs is 1. The van der Waals surface area contributed by atoms with Gasteiger partial charge in [0.25, 0.3) is 0 Å². The molecule has 0 aliphatic heterocycles. The number of aromatic nitrogens is 1. The van der Waals surface area contributed by atoms with E-state index in [1.165, 1.54) is 0 Å². The third kappa shape index (κ3) is 5.17. The molecule has 3 aromatic rings. The highest BCUT2D eigenvalue weighted by Crippen LogP contribution is 2.22. The Kier molecular flexibility index (Phi) is 7.06. The van der Waals surface area contributed by atoms with Crippen LogP contribution in [-0.4, -0.2) is 36.1 Å². The molecule has 0 amide bonds. The van der Waals surface area contributed by atoms with E-state index >= 15 is 0 Å². The Bertz CT molecular complexity index is 1060. The number of hydrogen-bond acceptors (Lipinski definition) is 6. The van der Waals surface area contributed by atoms with Gasteiger partial charge in [-0.3, -0.25) is 4.79 Å². The Labute approximate surface area is 174 Å². The van der Waals surface area contributed by atoms with Gasteiger partial charge in [0.15, 0.2) is 13.2 Å². The van der Waals surface area contributed by atoms with Crippen LogP contribution in [0.3, 0.4) is 0 Å². The molecule has 0 aliphatic rings. The van der Waals surface area contributed by atoms with E-state index in [1.54, 1.807) is 30.5 Å². The lowest BCUT2D eigenvalue weighted by molar-refractivity contribution is -0.144. The summed E-state index contributed by atoms with van der Waals surface area (Å²) in [6.07, 6.45) is 2.04. The number of carbonyl (C=O) groups is 2. The molecule has 0 aliphatic carbocycles. The van der Waals surface area contributed by atoms with Gasteiger partial charge in [-0.1, -0.05) is 18.2 Å². The van der Waals surface area contributed by atoms with Gasteiger partial charge in [0.05, 0.1) is 19.1 Å². The largest absolute Gasteiger partial charge is 0.494 e. The van der Waals surface area contributed by atoms with Crippen LogP contribution in [0.2, 0.25) is 0 Å². The van der Waals surface area contributed by atoms with Crippen LogP contribution in [0.5, 0.6) is 11.5 Å². The van der Waals surface area contributed by atoms with E-state index in [2.05, 4.69) is 6.07 Å². The highest BCUT2D eigenvalue weighted by Gasteiger charge is 2.17. The van der Waals surface area contributed by atoms with Gasteiger partial charge in [-0.2, -0.15) is 5.26 Å². The molecule has 0 radical (unpaired) electrons. The molecule has 1 aromatic heterocycles. The predicted molar refractivity (Wildman–Crippen MR) is 111 cm³/mol. The van der Waals surface area contributed by atoms with Crippen molar-refractivity contribution in [3.05, 3.63) is 60.3 Å². The maximum atomic E-state index is 12.6. The van der Waals surface area contributed by atoms with E-state index in [4.69, 9.17) is 19.5 Å². The SMILES string of the molecule is CCOc1ccc(OCC(=O)OCC(=O)c2cn(CCC#N)c3ccccc23)cc1. The maximum absolute atomic E-state index is 12.6. The zero-order valence-electron chi connectivity index (χ0n) is 16.7. The second-order valence-electron chi connectivity index (χ2n) is 6.44. The summed E-state index contributed by atoms with van der Waals surface area (Å²) in [6.45, 7) is 2.27. The molecule has 2 aromatic carbocycles. The summed E-state index contributed by atoms with van der Waals surface area (Å²) < 4.78 is 17.7. The molecule has 7 heteroatoms. The maximum Gasteiger partial charge on any atom is 0.344 e. The molecule has 0 saturated heterocycles. The van der Waals surface area contributed by atoms with Crippen molar-refractivity contribution in [1.29, 1.82) is 5.26 Å². The Hall–Kier alpha value is -3.79. The van der Waals surface area contributed by atoms with Crippen molar-refractivity contribution in [2.24, 2.45) is 0 Å². The first-order valence-electron chi connectivity index (χ1n) is 9.61. The van der Waals surface area contributed by atoms with Gasteiger partial charge in [0.1, 0.15) is 11.5 Å². The zero-order chi connectivity index (χ0) is 21.3. The fraction of sp³-hybridized carbons (Fsp3) is 0.261. The van der Waals surface area contributed by atoms with E-state index in [1.807, 2.05) is 35.8 Å². The molecule has 0 fully saturated rings. The van der Waals surface area contributed by atoms with Crippen molar-refractivity contribution < 1.29 is 23.8 Å². The average Bonchev–Trinajstić information content (AvgIpc) is 3.14. The van der Waals surface area contributed by atoms with Gasteiger partial charge in [0.2, 0.25) is 5.78 Å². The summed E-state index contributed by atoms with van der Waals surface area (Å²) >= 11 is 0. The van der Waals surface area contributed by atoms with Gasteiger partial charge in [-0.25, -0.2) is 4.79 Å². The van der Waals surface area contributed by atoms with Gasteiger partial charge in [-0.15, -0.1) is 0 Å². The zero-order valence-corrected chi connectivity index (χ0v) is 16.7. The number of nitriles is 1. The number of ketones is 1. The first-order chi connectivity index (χ1) is 14.6. The van der Waals surface area contributed by atoms with E-state index in [0.29, 0.717) is 36.6 Å². The number of benzene rings is 2. The molecule has 1 heterocycles. The monoisotopic (exact) mass is 406 g/mol. The molecular formula is C23H22N2O5. The number of hydrogen-bond donors (Lipinski definition) is 0. The van der Waals surface area contributed by atoms with Crippen LogP contribution < -0.4 is 9.47 Å². The first kappa shape index (κ1) is 20.9.